The molecule has 0 fully saturated rings. The van der Waals surface area contributed by atoms with Crippen molar-refractivity contribution in [2.75, 3.05) is 17.7 Å². The molecule has 2 aromatic heterocycles. The van der Waals surface area contributed by atoms with E-state index < -0.39 is 0 Å². The van der Waals surface area contributed by atoms with E-state index in [9.17, 15) is 0 Å². The third kappa shape index (κ3) is 2.87. The van der Waals surface area contributed by atoms with Crippen molar-refractivity contribution >= 4 is 22.4 Å². The van der Waals surface area contributed by atoms with E-state index in [4.69, 9.17) is 5.73 Å². The second-order valence-electron chi connectivity index (χ2n) is 4.73. The van der Waals surface area contributed by atoms with Gasteiger partial charge in [-0.15, -0.1) is 0 Å². The maximum atomic E-state index is 6.04. The van der Waals surface area contributed by atoms with Crippen LogP contribution in [0.3, 0.4) is 0 Å². The van der Waals surface area contributed by atoms with Crippen molar-refractivity contribution in [3.63, 3.8) is 0 Å². The van der Waals surface area contributed by atoms with E-state index >= 15 is 0 Å². The lowest BCUT2D eigenvalue weighted by molar-refractivity contribution is 0.619. The van der Waals surface area contributed by atoms with Crippen LogP contribution < -0.4 is 10.6 Å². The minimum atomic E-state index is 0.477. The first kappa shape index (κ1) is 13.8. The van der Waals surface area contributed by atoms with Gasteiger partial charge in [0.15, 0.2) is 0 Å². The summed E-state index contributed by atoms with van der Waals surface area (Å²) in [6.45, 7) is 4.44. The molecule has 2 heterocycles. The average Bonchev–Trinajstić information content (AvgIpc) is 2.81. The van der Waals surface area contributed by atoms with E-state index in [-0.39, 0.29) is 0 Å². The molecule has 0 aliphatic carbocycles. The van der Waals surface area contributed by atoms with Crippen LogP contribution in [0.15, 0.2) is 24.5 Å². The lowest BCUT2D eigenvalue weighted by Crippen LogP contribution is -2.28. The van der Waals surface area contributed by atoms with Gasteiger partial charge in [-0.25, -0.2) is 0 Å². The van der Waals surface area contributed by atoms with Gasteiger partial charge in [0.2, 0.25) is 0 Å². The van der Waals surface area contributed by atoms with Gasteiger partial charge in [0.1, 0.15) is 10.8 Å². The van der Waals surface area contributed by atoms with E-state index in [0.717, 1.165) is 22.5 Å². The monoisotopic (exact) mass is 276 g/mol. The zero-order valence-electron chi connectivity index (χ0n) is 11.6. The molecular weight excluding hydrogens is 256 g/mol. The number of pyridine rings is 1. The SMILES string of the molecule is CCCC(C)N(C)c1snc(N)c1-c1ccncc1. The Labute approximate surface area is 118 Å². The van der Waals surface area contributed by atoms with Crippen LogP contribution in [-0.2, 0) is 0 Å². The summed E-state index contributed by atoms with van der Waals surface area (Å²) in [6.07, 6.45) is 5.89. The van der Waals surface area contributed by atoms with Crippen LogP contribution >= 0.6 is 11.5 Å². The lowest BCUT2D eigenvalue weighted by atomic mass is 10.1. The molecule has 2 rings (SSSR count). The van der Waals surface area contributed by atoms with Crippen LogP contribution in [-0.4, -0.2) is 22.4 Å². The maximum absolute atomic E-state index is 6.04. The van der Waals surface area contributed by atoms with Crippen LogP contribution in [0, 0.1) is 0 Å². The first-order valence-electron chi connectivity index (χ1n) is 6.53. The third-order valence-corrected chi connectivity index (χ3v) is 4.31. The van der Waals surface area contributed by atoms with Crippen molar-refractivity contribution in [3.05, 3.63) is 24.5 Å². The normalized spacial score (nSPS) is 12.4. The standard InChI is InChI=1S/C14H20N4S/c1-4-5-10(2)18(3)14-12(13(15)17-19-14)11-6-8-16-9-7-11/h6-10H,4-5H2,1-3H3,(H2,15,17). The number of nitrogens with zero attached hydrogens (tertiary/aromatic N) is 3. The van der Waals surface area contributed by atoms with Gasteiger partial charge in [0.05, 0.1) is 5.56 Å². The van der Waals surface area contributed by atoms with Gasteiger partial charge in [0, 0.05) is 25.5 Å². The summed E-state index contributed by atoms with van der Waals surface area (Å²) >= 11 is 1.46. The molecule has 102 valence electrons. The Morgan fingerprint density at radius 2 is 2.05 bits per heavy atom. The van der Waals surface area contributed by atoms with Gasteiger partial charge in [-0.3, -0.25) is 4.98 Å². The van der Waals surface area contributed by atoms with Gasteiger partial charge in [-0.2, -0.15) is 4.37 Å². The fraction of sp³-hybridized carbons (Fsp3) is 0.429. The Morgan fingerprint density at radius 1 is 1.37 bits per heavy atom. The second-order valence-corrected chi connectivity index (χ2v) is 5.48. The van der Waals surface area contributed by atoms with Crippen molar-refractivity contribution in [2.45, 2.75) is 32.7 Å². The van der Waals surface area contributed by atoms with E-state index in [1.165, 1.54) is 18.0 Å². The number of anilines is 2. The van der Waals surface area contributed by atoms with E-state index in [2.05, 4.69) is 35.2 Å². The summed E-state index contributed by atoms with van der Waals surface area (Å²) in [7, 11) is 2.11. The minimum Gasteiger partial charge on any atom is -0.382 e. The number of hydrogen-bond donors (Lipinski definition) is 1. The molecule has 0 radical (unpaired) electrons. The highest BCUT2D eigenvalue weighted by Gasteiger charge is 2.19. The number of nitrogens with two attached hydrogens (primary N) is 1. The fourth-order valence-corrected chi connectivity index (χ4v) is 3.03. The highest BCUT2D eigenvalue weighted by Crippen LogP contribution is 2.39. The van der Waals surface area contributed by atoms with Gasteiger partial charge in [-0.05, 0) is 42.6 Å². The van der Waals surface area contributed by atoms with Gasteiger partial charge < -0.3 is 10.6 Å². The van der Waals surface area contributed by atoms with Crippen molar-refractivity contribution in [2.24, 2.45) is 0 Å². The number of aromatic nitrogens is 2. The Kier molecular flexibility index (Phi) is 4.37. The van der Waals surface area contributed by atoms with Gasteiger partial charge in [-0.1, -0.05) is 13.3 Å². The summed E-state index contributed by atoms with van der Waals surface area (Å²) in [6, 6.07) is 4.43. The Morgan fingerprint density at radius 3 is 2.68 bits per heavy atom. The van der Waals surface area contributed by atoms with Gasteiger partial charge in [0.25, 0.3) is 0 Å². The molecule has 2 aromatic rings. The summed E-state index contributed by atoms with van der Waals surface area (Å²) in [5.41, 5.74) is 8.14. The molecule has 0 saturated heterocycles. The molecule has 0 spiro atoms. The molecule has 1 unspecified atom stereocenters. The van der Waals surface area contributed by atoms with Crippen LogP contribution in [0.2, 0.25) is 0 Å². The molecular formula is C14H20N4S. The highest BCUT2D eigenvalue weighted by molar-refractivity contribution is 7.11. The largest absolute Gasteiger partial charge is 0.382 e. The molecule has 0 aliphatic heterocycles. The molecule has 2 N–H and O–H groups in total. The van der Waals surface area contributed by atoms with Crippen LogP contribution in [0.5, 0.6) is 0 Å². The smallest absolute Gasteiger partial charge is 0.147 e. The van der Waals surface area contributed by atoms with Crippen LogP contribution in [0.25, 0.3) is 11.1 Å². The quantitative estimate of drug-likeness (QED) is 0.909. The summed E-state index contributed by atoms with van der Waals surface area (Å²) in [4.78, 5) is 6.32. The lowest BCUT2D eigenvalue weighted by Gasteiger charge is -2.26. The second kappa shape index (κ2) is 6.02. The van der Waals surface area contributed by atoms with Crippen LogP contribution in [0.4, 0.5) is 10.8 Å². The molecule has 5 heteroatoms. The van der Waals surface area contributed by atoms with Crippen LogP contribution in [0.1, 0.15) is 26.7 Å². The highest BCUT2D eigenvalue weighted by atomic mass is 32.1. The van der Waals surface area contributed by atoms with Crippen molar-refractivity contribution < 1.29 is 0 Å². The topological polar surface area (TPSA) is 55.0 Å². The predicted molar refractivity (Wildman–Crippen MR) is 82.5 cm³/mol. The Balaban J connectivity index is 2.38. The molecule has 0 aliphatic rings. The first-order valence-corrected chi connectivity index (χ1v) is 7.30. The zero-order valence-corrected chi connectivity index (χ0v) is 12.4. The Hall–Kier alpha value is -1.62. The summed E-state index contributed by atoms with van der Waals surface area (Å²) < 4.78 is 4.31. The third-order valence-electron chi connectivity index (χ3n) is 3.36. The van der Waals surface area contributed by atoms with E-state index in [1.54, 1.807) is 12.4 Å². The first-order chi connectivity index (χ1) is 9.15. The van der Waals surface area contributed by atoms with Gasteiger partial charge >= 0.3 is 0 Å². The predicted octanol–water partition coefficient (Wildman–Crippen LogP) is 3.41. The average molecular weight is 276 g/mol. The number of rotatable bonds is 5. The molecule has 4 nitrogen and oxygen atoms in total. The van der Waals surface area contributed by atoms with E-state index in [1.807, 2.05) is 12.1 Å². The molecule has 0 aromatic carbocycles. The zero-order chi connectivity index (χ0) is 13.8. The summed E-state index contributed by atoms with van der Waals surface area (Å²) in [5, 5.41) is 1.13. The van der Waals surface area contributed by atoms with Crippen molar-refractivity contribution in [3.8, 4) is 11.1 Å². The summed E-state index contributed by atoms with van der Waals surface area (Å²) in [5.74, 6) is 0.599. The molecule has 0 saturated carbocycles. The minimum absolute atomic E-state index is 0.477. The number of nitrogen functional groups attached to an aromatic ring is 1. The maximum Gasteiger partial charge on any atom is 0.147 e. The fourth-order valence-electron chi connectivity index (χ4n) is 2.14. The number of hydrogen-bond acceptors (Lipinski definition) is 5. The van der Waals surface area contributed by atoms with E-state index in [0.29, 0.717) is 11.9 Å². The molecule has 1 atom stereocenters. The molecule has 0 amide bonds. The van der Waals surface area contributed by atoms with Crippen molar-refractivity contribution in [1.82, 2.24) is 9.36 Å². The molecule has 0 bridgehead atoms. The molecule has 19 heavy (non-hydrogen) atoms. The van der Waals surface area contributed by atoms with Crippen molar-refractivity contribution in [1.29, 1.82) is 0 Å². The Bertz CT molecular complexity index is 523.